The third-order valence-corrected chi connectivity index (χ3v) is 2.63. The summed E-state index contributed by atoms with van der Waals surface area (Å²) >= 11 is 5.28. The first-order valence-corrected chi connectivity index (χ1v) is 5.59. The first-order valence-electron chi connectivity index (χ1n) is 5.18. The van der Waals surface area contributed by atoms with Gasteiger partial charge in [-0.2, -0.15) is 0 Å². The molecule has 1 aliphatic rings. The van der Waals surface area contributed by atoms with Crippen LogP contribution < -0.4 is 5.32 Å². The fourth-order valence-corrected chi connectivity index (χ4v) is 1.76. The number of nitrogens with one attached hydrogen (secondary N) is 1. The van der Waals surface area contributed by atoms with Crippen LogP contribution in [0, 0.1) is 0 Å². The Morgan fingerprint density at radius 3 is 2.62 bits per heavy atom. The van der Waals surface area contributed by atoms with E-state index < -0.39 is 0 Å². The Labute approximate surface area is 100 Å². The van der Waals surface area contributed by atoms with E-state index in [0.29, 0.717) is 4.99 Å². The minimum Gasteiger partial charge on any atom is -0.388 e. The van der Waals surface area contributed by atoms with Crippen molar-refractivity contribution in [3.05, 3.63) is 35.9 Å². The van der Waals surface area contributed by atoms with Crippen LogP contribution >= 0.6 is 12.2 Å². The molecule has 0 radical (unpaired) electrons. The van der Waals surface area contributed by atoms with Crippen LogP contribution in [0.1, 0.15) is 25.8 Å². The maximum atomic E-state index is 5.28. The maximum absolute atomic E-state index is 5.28. The van der Waals surface area contributed by atoms with E-state index in [9.17, 15) is 0 Å². The molecular formula is C12H14N2OS. The molecule has 0 spiro atoms. The molecule has 1 aromatic rings. The predicted octanol–water partition coefficient (Wildman–Crippen LogP) is 2.46. The lowest BCUT2D eigenvalue weighted by Gasteiger charge is -2.13. The van der Waals surface area contributed by atoms with Crippen molar-refractivity contribution in [1.82, 2.24) is 5.32 Å². The van der Waals surface area contributed by atoms with E-state index in [0.717, 1.165) is 17.8 Å². The number of oxime groups is 1. The molecule has 0 saturated carbocycles. The molecule has 0 amide bonds. The average molecular weight is 234 g/mol. The Hall–Kier alpha value is -1.42. The third kappa shape index (κ3) is 2.58. The zero-order valence-corrected chi connectivity index (χ0v) is 10.2. The van der Waals surface area contributed by atoms with Crippen LogP contribution in [-0.4, -0.2) is 16.4 Å². The lowest BCUT2D eigenvalue weighted by Crippen LogP contribution is -2.31. The van der Waals surface area contributed by atoms with Gasteiger partial charge in [-0.15, -0.1) is 0 Å². The van der Waals surface area contributed by atoms with Crippen molar-refractivity contribution in [2.24, 2.45) is 5.16 Å². The summed E-state index contributed by atoms with van der Waals surface area (Å²) in [6, 6.07) is 9.82. The molecular weight excluding hydrogens is 220 g/mol. The van der Waals surface area contributed by atoms with E-state index >= 15 is 0 Å². The molecule has 1 aromatic carbocycles. The monoisotopic (exact) mass is 234 g/mol. The summed E-state index contributed by atoms with van der Waals surface area (Å²) in [7, 11) is 0. The zero-order valence-electron chi connectivity index (χ0n) is 9.36. The minimum absolute atomic E-state index is 0.228. The van der Waals surface area contributed by atoms with E-state index in [1.807, 2.05) is 44.2 Å². The van der Waals surface area contributed by atoms with Gasteiger partial charge in [-0.05, 0) is 13.8 Å². The highest BCUT2D eigenvalue weighted by molar-refractivity contribution is 7.80. The molecule has 16 heavy (non-hydrogen) atoms. The Balaban J connectivity index is 2.00. The molecule has 1 heterocycles. The van der Waals surface area contributed by atoms with Gasteiger partial charge in [0.15, 0.2) is 5.84 Å². The number of nitrogens with zero attached hydrogens (tertiary/aromatic N) is 1. The smallest absolute Gasteiger partial charge is 0.151 e. The molecule has 84 valence electrons. The van der Waals surface area contributed by atoms with Gasteiger partial charge in [0.1, 0.15) is 10.6 Å². The van der Waals surface area contributed by atoms with E-state index in [2.05, 4.69) is 10.5 Å². The van der Waals surface area contributed by atoms with E-state index in [-0.39, 0.29) is 5.60 Å². The molecule has 2 rings (SSSR count). The average Bonchev–Trinajstić information content (AvgIpc) is 2.59. The van der Waals surface area contributed by atoms with Gasteiger partial charge in [-0.1, -0.05) is 47.7 Å². The van der Waals surface area contributed by atoms with Gasteiger partial charge in [-0.25, -0.2) is 0 Å². The Kier molecular flexibility index (Phi) is 2.92. The predicted molar refractivity (Wildman–Crippen MR) is 68.5 cm³/mol. The van der Waals surface area contributed by atoms with Gasteiger partial charge in [0.05, 0.1) is 6.42 Å². The van der Waals surface area contributed by atoms with Crippen molar-refractivity contribution in [2.45, 2.75) is 25.9 Å². The molecule has 0 aromatic heterocycles. The van der Waals surface area contributed by atoms with Crippen molar-refractivity contribution in [1.29, 1.82) is 0 Å². The lowest BCUT2D eigenvalue weighted by atomic mass is 10.1. The van der Waals surface area contributed by atoms with Crippen LogP contribution in [0.25, 0.3) is 0 Å². The summed E-state index contributed by atoms with van der Waals surface area (Å²) < 4.78 is 0. The first kappa shape index (κ1) is 11.1. The summed E-state index contributed by atoms with van der Waals surface area (Å²) in [5.74, 6) is 0.791. The van der Waals surface area contributed by atoms with Gasteiger partial charge >= 0.3 is 0 Å². The molecule has 1 aliphatic heterocycles. The topological polar surface area (TPSA) is 33.6 Å². The number of hydrogen-bond donors (Lipinski definition) is 1. The summed E-state index contributed by atoms with van der Waals surface area (Å²) in [6.07, 6.45) is 0.750. The number of benzene rings is 1. The fraction of sp³-hybridized carbons (Fsp3) is 0.333. The van der Waals surface area contributed by atoms with Crippen LogP contribution in [0.15, 0.2) is 35.5 Å². The molecule has 0 bridgehead atoms. The molecule has 3 nitrogen and oxygen atoms in total. The van der Waals surface area contributed by atoms with Crippen molar-refractivity contribution in [2.75, 3.05) is 0 Å². The first-order chi connectivity index (χ1) is 7.57. The van der Waals surface area contributed by atoms with Crippen LogP contribution in [0.4, 0.5) is 0 Å². The zero-order chi connectivity index (χ0) is 11.6. The van der Waals surface area contributed by atoms with E-state index in [1.165, 1.54) is 0 Å². The molecule has 0 aliphatic carbocycles. The number of rotatable bonds is 1. The largest absolute Gasteiger partial charge is 0.388 e. The van der Waals surface area contributed by atoms with Crippen molar-refractivity contribution < 1.29 is 4.84 Å². The number of hydrogen-bond acceptors (Lipinski definition) is 3. The van der Waals surface area contributed by atoms with Gasteiger partial charge in [0, 0.05) is 5.56 Å². The van der Waals surface area contributed by atoms with Crippen LogP contribution in [0.3, 0.4) is 0 Å². The summed E-state index contributed by atoms with van der Waals surface area (Å²) in [5, 5.41) is 7.08. The molecule has 0 atom stereocenters. The van der Waals surface area contributed by atoms with E-state index in [1.54, 1.807) is 0 Å². The Morgan fingerprint density at radius 2 is 2.06 bits per heavy atom. The molecule has 0 saturated heterocycles. The summed E-state index contributed by atoms with van der Waals surface area (Å²) in [4.78, 5) is 5.94. The van der Waals surface area contributed by atoms with Crippen LogP contribution in [0.2, 0.25) is 0 Å². The second kappa shape index (κ2) is 4.22. The van der Waals surface area contributed by atoms with E-state index in [4.69, 9.17) is 17.1 Å². The molecule has 4 heteroatoms. The minimum atomic E-state index is -0.228. The van der Waals surface area contributed by atoms with Gasteiger partial charge < -0.3 is 10.2 Å². The fourth-order valence-electron chi connectivity index (χ4n) is 1.51. The number of amidine groups is 1. The molecule has 0 unspecified atom stereocenters. The molecule has 0 fully saturated rings. The highest BCUT2D eigenvalue weighted by Gasteiger charge is 2.29. The highest BCUT2D eigenvalue weighted by atomic mass is 32.1. The van der Waals surface area contributed by atoms with Gasteiger partial charge in [0.25, 0.3) is 0 Å². The maximum Gasteiger partial charge on any atom is 0.151 e. The van der Waals surface area contributed by atoms with Crippen molar-refractivity contribution >= 4 is 23.0 Å². The quantitative estimate of drug-likeness (QED) is 0.758. The SMILES string of the molecule is CC1(C)CC(NC(=S)c2ccccc2)=NO1. The molecule has 1 N–H and O–H groups in total. The standard InChI is InChI=1S/C12H14N2OS/c1-12(2)8-10(14-15-12)13-11(16)9-6-4-3-5-7-9/h3-7H,8H2,1-2H3,(H,13,14,16). The lowest BCUT2D eigenvalue weighted by molar-refractivity contribution is 0.0123. The van der Waals surface area contributed by atoms with Crippen LogP contribution in [0.5, 0.6) is 0 Å². The highest BCUT2D eigenvalue weighted by Crippen LogP contribution is 2.21. The van der Waals surface area contributed by atoms with Crippen molar-refractivity contribution in [3.8, 4) is 0 Å². The Morgan fingerprint density at radius 1 is 1.38 bits per heavy atom. The number of thiocarbonyl (C=S) groups is 1. The third-order valence-electron chi connectivity index (χ3n) is 2.29. The second-order valence-corrected chi connectivity index (χ2v) is 4.79. The summed E-state index contributed by atoms with van der Waals surface area (Å²) in [6.45, 7) is 3.99. The van der Waals surface area contributed by atoms with Crippen molar-refractivity contribution in [3.63, 3.8) is 0 Å². The van der Waals surface area contributed by atoms with Crippen LogP contribution in [-0.2, 0) is 4.84 Å². The van der Waals surface area contributed by atoms with Gasteiger partial charge in [-0.3, -0.25) is 0 Å². The summed E-state index contributed by atoms with van der Waals surface area (Å²) in [5.41, 5.74) is 0.763. The normalized spacial score (nSPS) is 17.5. The second-order valence-electron chi connectivity index (χ2n) is 4.39. The Bertz CT molecular complexity index is 426. The van der Waals surface area contributed by atoms with Gasteiger partial charge in [0.2, 0.25) is 0 Å².